The number of hydrogen-bond acceptors (Lipinski definition) is 3. The van der Waals surface area contributed by atoms with Crippen molar-refractivity contribution in [1.29, 1.82) is 0 Å². The summed E-state index contributed by atoms with van der Waals surface area (Å²) in [5, 5.41) is 9.58. The third kappa shape index (κ3) is 3.68. The van der Waals surface area contributed by atoms with Crippen LogP contribution in [-0.4, -0.2) is 33.4 Å². The van der Waals surface area contributed by atoms with Crippen LogP contribution in [0, 0.1) is 11.7 Å². The number of carbonyl (C=O) groups is 2. The molecular weight excluding hydrogens is 323 g/mol. The minimum atomic E-state index is -1.01. The Morgan fingerprint density at radius 2 is 2.08 bits per heavy atom. The second kappa shape index (κ2) is 7.42. The first-order valence-electron chi connectivity index (χ1n) is 8.23. The summed E-state index contributed by atoms with van der Waals surface area (Å²) in [6, 6.07) is 8.99. The highest BCUT2D eigenvalue weighted by Gasteiger charge is 2.41. The molecule has 1 aromatic heterocycles. The number of benzene rings is 1. The monoisotopic (exact) mass is 342 g/mol. The summed E-state index contributed by atoms with van der Waals surface area (Å²) < 4.78 is 14.3. The second-order valence-electron chi connectivity index (χ2n) is 6.15. The van der Waals surface area contributed by atoms with Crippen LogP contribution in [0.2, 0.25) is 0 Å². The molecule has 130 valence electrons. The van der Waals surface area contributed by atoms with Gasteiger partial charge < -0.3 is 10.0 Å². The molecule has 0 unspecified atom stereocenters. The average Bonchev–Trinajstić information content (AvgIpc) is 2.61. The lowest BCUT2D eigenvalue weighted by Gasteiger charge is -2.40. The predicted molar refractivity (Wildman–Crippen MR) is 89.2 cm³/mol. The number of piperidine rings is 1. The number of rotatable bonds is 5. The number of aromatic nitrogens is 1. The van der Waals surface area contributed by atoms with Gasteiger partial charge in [0.1, 0.15) is 5.82 Å². The van der Waals surface area contributed by atoms with E-state index in [0.29, 0.717) is 13.0 Å². The van der Waals surface area contributed by atoms with E-state index in [1.54, 1.807) is 30.6 Å². The van der Waals surface area contributed by atoms with E-state index in [4.69, 9.17) is 0 Å². The van der Waals surface area contributed by atoms with Crippen LogP contribution in [0.25, 0.3) is 0 Å². The highest BCUT2D eigenvalue weighted by Crippen LogP contribution is 2.38. The van der Waals surface area contributed by atoms with Crippen molar-refractivity contribution in [2.45, 2.75) is 25.3 Å². The Labute approximate surface area is 145 Å². The third-order valence-electron chi connectivity index (χ3n) is 4.61. The summed E-state index contributed by atoms with van der Waals surface area (Å²) in [7, 11) is 0. The molecule has 25 heavy (non-hydrogen) atoms. The summed E-state index contributed by atoms with van der Waals surface area (Å²) >= 11 is 0. The van der Waals surface area contributed by atoms with E-state index in [-0.39, 0.29) is 24.3 Å². The Morgan fingerprint density at radius 3 is 2.76 bits per heavy atom. The highest BCUT2D eigenvalue weighted by atomic mass is 19.1. The smallest absolute Gasteiger partial charge is 0.308 e. The second-order valence-corrected chi connectivity index (χ2v) is 6.15. The molecule has 0 saturated carbocycles. The Kier molecular flexibility index (Phi) is 5.07. The van der Waals surface area contributed by atoms with Crippen molar-refractivity contribution in [3.8, 4) is 0 Å². The fraction of sp³-hybridized carbons (Fsp3) is 0.316. The van der Waals surface area contributed by atoms with Crippen LogP contribution in [-0.2, 0) is 16.0 Å². The number of carboxylic acid groups (broad SMARTS) is 1. The van der Waals surface area contributed by atoms with Gasteiger partial charge in [0, 0.05) is 30.9 Å². The average molecular weight is 342 g/mol. The van der Waals surface area contributed by atoms with Crippen molar-refractivity contribution in [1.82, 2.24) is 9.88 Å². The lowest BCUT2D eigenvalue weighted by molar-refractivity contribution is -0.152. The van der Waals surface area contributed by atoms with Gasteiger partial charge in [-0.05, 0) is 30.5 Å². The van der Waals surface area contributed by atoms with E-state index >= 15 is 0 Å². The van der Waals surface area contributed by atoms with Gasteiger partial charge in [-0.25, -0.2) is 4.39 Å². The molecule has 6 heteroatoms. The molecule has 1 fully saturated rings. The summed E-state index contributed by atoms with van der Waals surface area (Å²) in [5.74, 6) is -2.45. The molecule has 1 amide bonds. The standard InChI is InChI=1S/C19H19FN2O3/c20-16-6-2-1-5-14(16)18-15(19(24)25)7-8-17(23)22(18)11-9-13-4-3-10-21-12-13/h1-6,10,12,15,18H,7-9,11H2,(H,24,25)/t15-,18-/m1/s1. The molecule has 1 aliphatic heterocycles. The highest BCUT2D eigenvalue weighted by molar-refractivity contribution is 5.81. The van der Waals surface area contributed by atoms with Crippen molar-refractivity contribution >= 4 is 11.9 Å². The van der Waals surface area contributed by atoms with Crippen LogP contribution < -0.4 is 0 Å². The molecular formula is C19H19FN2O3. The van der Waals surface area contributed by atoms with E-state index < -0.39 is 23.7 Å². The zero-order valence-corrected chi connectivity index (χ0v) is 13.6. The van der Waals surface area contributed by atoms with Crippen molar-refractivity contribution in [2.24, 2.45) is 5.92 Å². The van der Waals surface area contributed by atoms with Gasteiger partial charge in [0.25, 0.3) is 0 Å². The van der Waals surface area contributed by atoms with Crippen molar-refractivity contribution < 1.29 is 19.1 Å². The quantitative estimate of drug-likeness (QED) is 0.907. The SMILES string of the molecule is O=C(O)[C@@H]1CCC(=O)N(CCc2cccnc2)[C@@H]1c1ccccc1F. The number of carbonyl (C=O) groups excluding carboxylic acids is 1. The lowest BCUT2D eigenvalue weighted by atomic mass is 9.84. The fourth-order valence-corrected chi connectivity index (χ4v) is 3.37. The molecule has 2 heterocycles. The number of halogens is 1. The van der Waals surface area contributed by atoms with Crippen LogP contribution in [0.5, 0.6) is 0 Å². The number of aliphatic carboxylic acids is 1. The Balaban J connectivity index is 1.92. The molecule has 2 atom stereocenters. The van der Waals surface area contributed by atoms with E-state index in [1.165, 1.54) is 11.0 Å². The zero-order valence-electron chi connectivity index (χ0n) is 13.6. The maximum absolute atomic E-state index is 14.3. The molecule has 5 nitrogen and oxygen atoms in total. The van der Waals surface area contributed by atoms with E-state index in [2.05, 4.69) is 4.98 Å². The van der Waals surface area contributed by atoms with Gasteiger partial charge in [-0.15, -0.1) is 0 Å². The maximum Gasteiger partial charge on any atom is 0.308 e. The van der Waals surface area contributed by atoms with Gasteiger partial charge in [0.15, 0.2) is 0 Å². The number of nitrogens with zero attached hydrogens (tertiary/aromatic N) is 2. The Bertz CT molecular complexity index is 766. The zero-order chi connectivity index (χ0) is 17.8. The van der Waals surface area contributed by atoms with Crippen molar-refractivity contribution in [2.75, 3.05) is 6.54 Å². The number of pyridine rings is 1. The lowest BCUT2D eigenvalue weighted by Crippen LogP contribution is -2.46. The summed E-state index contributed by atoms with van der Waals surface area (Å²) in [4.78, 5) is 29.7. The van der Waals surface area contributed by atoms with Crippen molar-refractivity contribution in [3.63, 3.8) is 0 Å². The number of amides is 1. The molecule has 2 aromatic rings. The van der Waals surface area contributed by atoms with E-state index in [1.807, 2.05) is 12.1 Å². The van der Waals surface area contributed by atoms with Gasteiger partial charge in [0.2, 0.25) is 5.91 Å². The van der Waals surface area contributed by atoms with Crippen molar-refractivity contribution in [3.05, 3.63) is 65.7 Å². The molecule has 1 saturated heterocycles. The van der Waals surface area contributed by atoms with Gasteiger partial charge in [-0.3, -0.25) is 14.6 Å². The number of hydrogen-bond donors (Lipinski definition) is 1. The number of carboxylic acids is 1. The van der Waals surface area contributed by atoms with Crippen LogP contribution in [0.1, 0.15) is 30.0 Å². The van der Waals surface area contributed by atoms with Gasteiger partial charge in [-0.1, -0.05) is 24.3 Å². The molecule has 0 aliphatic carbocycles. The first-order chi connectivity index (χ1) is 12.1. The molecule has 0 radical (unpaired) electrons. The molecule has 0 spiro atoms. The minimum absolute atomic E-state index is 0.144. The topological polar surface area (TPSA) is 70.5 Å². The molecule has 1 aromatic carbocycles. The molecule has 3 rings (SSSR count). The van der Waals surface area contributed by atoms with Crippen LogP contribution in [0.4, 0.5) is 4.39 Å². The predicted octanol–water partition coefficient (Wildman–Crippen LogP) is 2.83. The van der Waals surface area contributed by atoms with Crippen LogP contribution in [0.3, 0.4) is 0 Å². The van der Waals surface area contributed by atoms with Gasteiger partial charge in [0.05, 0.1) is 12.0 Å². The fourth-order valence-electron chi connectivity index (χ4n) is 3.37. The Hall–Kier alpha value is -2.76. The van der Waals surface area contributed by atoms with Gasteiger partial charge >= 0.3 is 5.97 Å². The van der Waals surface area contributed by atoms with E-state index in [0.717, 1.165) is 5.56 Å². The first kappa shape index (κ1) is 17.1. The third-order valence-corrected chi connectivity index (χ3v) is 4.61. The van der Waals surface area contributed by atoms with Gasteiger partial charge in [-0.2, -0.15) is 0 Å². The molecule has 0 bridgehead atoms. The molecule has 1 aliphatic rings. The first-order valence-corrected chi connectivity index (χ1v) is 8.23. The maximum atomic E-state index is 14.3. The normalized spacial score (nSPS) is 20.5. The molecule has 1 N–H and O–H groups in total. The Morgan fingerprint density at radius 1 is 1.28 bits per heavy atom. The summed E-state index contributed by atoms with van der Waals surface area (Å²) in [6.07, 6.45) is 4.29. The largest absolute Gasteiger partial charge is 0.481 e. The number of likely N-dealkylation sites (tertiary alicyclic amines) is 1. The van der Waals surface area contributed by atoms with Crippen LogP contribution in [0.15, 0.2) is 48.8 Å². The summed E-state index contributed by atoms with van der Waals surface area (Å²) in [6.45, 7) is 0.327. The minimum Gasteiger partial charge on any atom is -0.481 e. The van der Waals surface area contributed by atoms with E-state index in [9.17, 15) is 19.1 Å². The van der Waals surface area contributed by atoms with Crippen LogP contribution >= 0.6 is 0 Å². The summed E-state index contributed by atoms with van der Waals surface area (Å²) in [5.41, 5.74) is 1.20.